The Balaban J connectivity index is 1.48. The second-order valence-corrected chi connectivity index (χ2v) is 6.60. The lowest BCUT2D eigenvalue weighted by molar-refractivity contribution is 0.0912. The highest BCUT2D eigenvalue weighted by molar-refractivity contribution is 7.19. The van der Waals surface area contributed by atoms with E-state index in [-0.39, 0.29) is 12.5 Å². The molecule has 3 aromatic heterocycles. The van der Waals surface area contributed by atoms with Crippen LogP contribution in [0, 0.1) is 0 Å². The van der Waals surface area contributed by atoms with Gasteiger partial charge in [-0.25, -0.2) is 4.98 Å². The Bertz CT molecular complexity index is 988. The molecule has 3 heterocycles. The Hall–Kier alpha value is -2.70. The normalized spacial score (nSPS) is 12.5. The molecule has 0 fully saturated rings. The summed E-state index contributed by atoms with van der Waals surface area (Å²) in [5, 5.41) is 14.2. The van der Waals surface area contributed by atoms with E-state index in [9.17, 15) is 9.90 Å². The van der Waals surface area contributed by atoms with Crippen LogP contribution in [0.3, 0.4) is 0 Å². The molecule has 2 N–H and O–H groups in total. The van der Waals surface area contributed by atoms with Crippen LogP contribution >= 0.6 is 11.3 Å². The number of aliphatic hydroxyl groups excluding tert-OH is 1. The maximum atomic E-state index is 12.3. The summed E-state index contributed by atoms with van der Waals surface area (Å²) in [6.07, 6.45) is 2.60. The molecule has 120 valence electrons. The van der Waals surface area contributed by atoms with E-state index in [1.165, 1.54) is 17.5 Å². The van der Waals surface area contributed by atoms with Gasteiger partial charge in [0, 0.05) is 22.3 Å². The molecular formula is C18H15N3O2S. The van der Waals surface area contributed by atoms with E-state index in [0.717, 1.165) is 15.0 Å². The molecule has 4 aromatic rings. The zero-order chi connectivity index (χ0) is 16.5. The van der Waals surface area contributed by atoms with E-state index >= 15 is 0 Å². The monoisotopic (exact) mass is 337 g/mol. The third kappa shape index (κ3) is 2.66. The molecule has 1 amide bonds. The number of rotatable bonds is 4. The third-order valence-electron chi connectivity index (χ3n) is 3.88. The Morgan fingerprint density at radius 3 is 2.96 bits per heavy atom. The van der Waals surface area contributed by atoms with Crippen molar-refractivity contribution in [2.24, 2.45) is 0 Å². The number of fused-ring (bicyclic) bond motifs is 2. The number of aromatic nitrogens is 2. The molecule has 0 saturated carbocycles. The number of hydrogen-bond acceptors (Lipinski definition) is 4. The van der Waals surface area contributed by atoms with Crippen molar-refractivity contribution in [2.75, 3.05) is 6.54 Å². The molecule has 0 radical (unpaired) electrons. The number of nitrogens with zero attached hydrogens (tertiary/aromatic N) is 2. The van der Waals surface area contributed by atoms with Crippen molar-refractivity contribution in [2.45, 2.75) is 6.10 Å². The number of thiophene rings is 1. The molecule has 0 aliphatic rings. The van der Waals surface area contributed by atoms with Crippen molar-refractivity contribution in [1.29, 1.82) is 0 Å². The van der Waals surface area contributed by atoms with Gasteiger partial charge in [-0.15, -0.1) is 11.3 Å². The smallest absolute Gasteiger partial charge is 0.270 e. The van der Waals surface area contributed by atoms with E-state index in [1.54, 1.807) is 10.6 Å². The van der Waals surface area contributed by atoms with Crippen LogP contribution in [0.5, 0.6) is 0 Å². The van der Waals surface area contributed by atoms with Crippen LogP contribution in [0.4, 0.5) is 0 Å². The SMILES string of the molecule is O=C(NCC(O)c1cc2ccccc2s1)c1cnc2ccccn12. The molecule has 1 aromatic carbocycles. The van der Waals surface area contributed by atoms with Crippen molar-refractivity contribution < 1.29 is 9.90 Å². The molecule has 4 rings (SSSR count). The first kappa shape index (κ1) is 14.9. The average molecular weight is 337 g/mol. The molecule has 0 bridgehead atoms. The molecule has 1 unspecified atom stereocenters. The van der Waals surface area contributed by atoms with E-state index in [2.05, 4.69) is 10.3 Å². The summed E-state index contributed by atoms with van der Waals surface area (Å²) in [7, 11) is 0. The van der Waals surface area contributed by atoms with E-state index in [0.29, 0.717) is 11.3 Å². The maximum absolute atomic E-state index is 12.3. The zero-order valence-corrected chi connectivity index (χ0v) is 13.5. The Morgan fingerprint density at radius 2 is 2.08 bits per heavy atom. The molecule has 24 heavy (non-hydrogen) atoms. The van der Waals surface area contributed by atoms with Gasteiger partial charge >= 0.3 is 0 Å². The highest BCUT2D eigenvalue weighted by atomic mass is 32.1. The van der Waals surface area contributed by atoms with Crippen molar-refractivity contribution in [3.63, 3.8) is 0 Å². The molecule has 0 saturated heterocycles. The molecule has 0 aliphatic heterocycles. The number of amides is 1. The van der Waals surface area contributed by atoms with Crippen LogP contribution in [0.25, 0.3) is 15.7 Å². The Kier molecular flexibility index (Phi) is 3.76. The summed E-state index contributed by atoms with van der Waals surface area (Å²) < 4.78 is 2.85. The summed E-state index contributed by atoms with van der Waals surface area (Å²) >= 11 is 1.54. The van der Waals surface area contributed by atoms with Gasteiger partial charge in [0.1, 0.15) is 17.4 Å². The van der Waals surface area contributed by atoms with Crippen LogP contribution in [-0.2, 0) is 0 Å². The lowest BCUT2D eigenvalue weighted by Gasteiger charge is -2.10. The minimum Gasteiger partial charge on any atom is -0.386 e. The predicted octanol–water partition coefficient (Wildman–Crippen LogP) is 3.01. The number of nitrogens with one attached hydrogen (secondary N) is 1. The topological polar surface area (TPSA) is 66.6 Å². The van der Waals surface area contributed by atoms with Gasteiger partial charge in [-0.2, -0.15) is 0 Å². The van der Waals surface area contributed by atoms with Gasteiger partial charge in [0.2, 0.25) is 0 Å². The van der Waals surface area contributed by atoms with Gasteiger partial charge in [-0.05, 0) is 29.7 Å². The fourth-order valence-electron chi connectivity index (χ4n) is 2.65. The van der Waals surface area contributed by atoms with Gasteiger partial charge < -0.3 is 10.4 Å². The minimum atomic E-state index is -0.731. The van der Waals surface area contributed by atoms with Crippen LogP contribution in [0.1, 0.15) is 21.5 Å². The third-order valence-corrected chi connectivity index (χ3v) is 5.10. The summed E-state index contributed by atoms with van der Waals surface area (Å²) in [6, 6.07) is 15.5. The van der Waals surface area contributed by atoms with Gasteiger partial charge in [0.05, 0.1) is 6.20 Å². The number of carbonyl (C=O) groups excluding carboxylic acids is 1. The summed E-state index contributed by atoms with van der Waals surface area (Å²) in [5.74, 6) is -0.256. The van der Waals surface area contributed by atoms with E-state index in [4.69, 9.17) is 0 Å². The van der Waals surface area contributed by atoms with Crippen molar-refractivity contribution in [3.8, 4) is 0 Å². The summed E-state index contributed by atoms with van der Waals surface area (Å²) in [4.78, 5) is 17.4. The fourth-order valence-corrected chi connectivity index (χ4v) is 3.70. The number of aliphatic hydroxyl groups is 1. The number of hydrogen-bond donors (Lipinski definition) is 2. The van der Waals surface area contributed by atoms with Gasteiger partial charge in [0.15, 0.2) is 0 Å². The highest BCUT2D eigenvalue weighted by Crippen LogP contribution is 2.29. The first-order valence-electron chi connectivity index (χ1n) is 7.59. The maximum Gasteiger partial charge on any atom is 0.270 e. The first-order chi connectivity index (χ1) is 11.7. The van der Waals surface area contributed by atoms with Crippen molar-refractivity contribution in [3.05, 3.63) is 71.5 Å². The van der Waals surface area contributed by atoms with Crippen molar-refractivity contribution in [1.82, 2.24) is 14.7 Å². The largest absolute Gasteiger partial charge is 0.386 e. The van der Waals surface area contributed by atoms with Crippen LogP contribution in [0.15, 0.2) is 60.9 Å². The quantitative estimate of drug-likeness (QED) is 0.601. The molecule has 6 heteroatoms. The van der Waals surface area contributed by atoms with Crippen LogP contribution in [-0.4, -0.2) is 26.9 Å². The van der Waals surface area contributed by atoms with Crippen LogP contribution < -0.4 is 5.32 Å². The Morgan fingerprint density at radius 1 is 1.25 bits per heavy atom. The van der Waals surface area contributed by atoms with E-state index in [1.807, 2.05) is 48.5 Å². The number of imidazole rings is 1. The molecular weight excluding hydrogens is 322 g/mol. The lowest BCUT2D eigenvalue weighted by atomic mass is 10.2. The highest BCUT2D eigenvalue weighted by Gasteiger charge is 2.15. The molecule has 0 spiro atoms. The summed E-state index contributed by atoms with van der Waals surface area (Å²) in [5.41, 5.74) is 1.17. The number of benzene rings is 1. The molecule has 1 atom stereocenters. The molecule has 5 nitrogen and oxygen atoms in total. The zero-order valence-electron chi connectivity index (χ0n) is 12.7. The lowest BCUT2D eigenvalue weighted by Crippen LogP contribution is -2.29. The average Bonchev–Trinajstić information content (AvgIpc) is 3.23. The summed E-state index contributed by atoms with van der Waals surface area (Å²) in [6.45, 7) is 0.158. The second-order valence-electron chi connectivity index (χ2n) is 5.48. The standard InChI is InChI=1S/C18H15N3O2S/c22-14(16-9-12-5-1-2-6-15(12)24-16)11-20-18(23)13-10-19-17-7-3-4-8-21(13)17/h1-10,14,22H,11H2,(H,20,23). The number of carbonyl (C=O) groups is 1. The van der Waals surface area contributed by atoms with Gasteiger partial charge in [0.25, 0.3) is 5.91 Å². The van der Waals surface area contributed by atoms with Gasteiger partial charge in [-0.3, -0.25) is 9.20 Å². The Labute approximate surface area is 142 Å². The minimum absolute atomic E-state index is 0.158. The second kappa shape index (κ2) is 6.07. The molecule has 0 aliphatic carbocycles. The first-order valence-corrected chi connectivity index (χ1v) is 8.41. The predicted molar refractivity (Wildman–Crippen MR) is 94.3 cm³/mol. The number of pyridine rings is 1. The fraction of sp³-hybridized carbons (Fsp3) is 0.111. The van der Waals surface area contributed by atoms with Crippen molar-refractivity contribution >= 4 is 33.0 Å². The van der Waals surface area contributed by atoms with E-state index < -0.39 is 6.10 Å². The van der Waals surface area contributed by atoms with Gasteiger partial charge in [-0.1, -0.05) is 24.3 Å². The van der Waals surface area contributed by atoms with Crippen LogP contribution in [0.2, 0.25) is 0 Å².